The van der Waals surface area contributed by atoms with Crippen LogP contribution < -0.4 is 5.32 Å². The van der Waals surface area contributed by atoms with Crippen molar-refractivity contribution in [2.24, 2.45) is 5.92 Å². The summed E-state index contributed by atoms with van der Waals surface area (Å²) in [4.78, 5) is 15.8. The number of benzene rings is 1. The van der Waals surface area contributed by atoms with Crippen molar-refractivity contribution < 1.29 is 9.53 Å². The van der Waals surface area contributed by atoms with Crippen molar-refractivity contribution >= 4 is 17.2 Å². The van der Waals surface area contributed by atoms with E-state index in [2.05, 4.69) is 39.2 Å². The van der Waals surface area contributed by atoms with E-state index in [1.54, 1.807) is 11.3 Å². The highest BCUT2D eigenvalue weighted by Gasteiger charge is 2.41. The van der Waals surface area contributed by atoms with Crippen molar-refractivity contribution in [1.29, 1.82) is 0 Å². The molecule has 5 heteroatoms. The van der Waals surface area contributed by atoms with Crippen LogP contribution in [0.2, 0.25) is 0 Å². The van der Waals surface area contributed by atoms with Gasteiger partial charge >= 0.3 is 0 Å². The number of piperidine rings is 1. The van der Waals surface area contributed by atoms with Crippen molar-refractivity contribution in [2.45, 2.75) is 37.6 Å². The Morgan fingerprint density at radius 3 is 2.57 bits per heavy atom. The minimum atomic E-state index is -0.431. The maximum Gasteiger partial charge on any atom is 0.230 e. The van der Waals surface area contributed by atoms with Crippen LogP contribution >= 0.6 is 11.3 Å². The van der Waals surface area contributed by atoms with E-state index < -0.39 is 5.41 Å². The molecule has 2 saturated heterocycles. The Bertz CT molecular complexity index is 733. The molecule has 2 aliphatic heterocycles. The number of carbonyl (C=O) groups is 1. The molecule has 0 saturated carbocycles. The number of thiophene rings is 1. The largest absolute Gasteiger partial charge is 0.381 e. The van der Waals surface area contributed by atoms with Crippen molar-refractivity contribution in [1.82, 2.24) is 10.2 Å². The standard InChI is InChI=1S/C23H30N2O2S/c26-22(23(9-13-27-14-10-23)21-4-2-1-3-5-21)24-16-19-6-11-25(12-7-19)17-20-8-15-28-18-20/h1-5,8,15,18-19H,6-7,9-14,16-17H2,(H,24,26). The van der Waals surface area contributed by atoms with E-state index in [4.69, 9.17) is 4.74 Å². The second kappa shape index (κ2) is 9.21. The van der Waals surface area contributed by atoms with E-state index in [0.717, 1.165) is 57.4 Å². The number of hydrogen-bond donors (Lipinski definition) is 1. The Hall–Kier alpha value is -1.69. The summed E-state index contributed by atoms with van der Waals surface area (Å²) in [5.41, 5.74) is 2.11. The molecule has 0 aliphatic carbocycles. The first-order chi connectivity index (χ1) is 13.8. The number of likely N-dealkylation sites (tertiary alicyclic amines) is 1. The number of nitrogens with one attached hydrogen (secondary N) is 1. The highest BCUT2D eigenvalue weighted by Crippen LogP contribution is 2.35. The predicted molar refractivity (Wildman–Crippen MR) is 114 cm³/mol. The number of hydrogen-bond acceptors (Lipinski definition) is 4. The minimum Gasteiger partial charge on any atom is -0.381 e. The molecular formula is C23H30N2O2S. The lowest BCUT2D eigenvalue weighted by molar-refractivity contribution is -0.130. The summed E-state index contributed by atoms with van der Waals surface area (Å²) in [5.74, 6) is 0.762. The molecule has 0 spiro atoms. The SMILES string of the molecule is O=C(NCC1CCN(Cc2ccsc2)CC1)C1(c2ccccc2)CCOCC1. The molecule has 3 heterocycles. The molecule has 1 amide bonds. The third-order valence-corrected chi connectivity index (χ3v) is 7.08. The highest BCUT2D eigenvalue weighted by atomic mass is 32.1. The van der Waals surface area contributed by atoms with Gasteiger partial charge in [-0.25, -0.2) is 0 Å². The molecule has 28 heavy (non-hydrogen) atoms. The van der Waals surface area contributed by atoms with Crippen molar-refractivity contribution in [2.75, 3.05) is 32.8 Å². The lowest BCUT2D eigenvalue weighted by atomic mass is 9.73. The molecule has 0 atom stereocenters. The zero-order chi connectivity index (χ0) is 19.2. The van der Waals surface area contributed by atoms with Crippen LogP contribution in [0.3, 0.4) is 0 Å². The van der Waals surface area contributed by atoms with Gasteiger partial charge in [0.05, 0.1) is 5.41 Å². The van der Waals surface area contributed by atoms with Crippen LogP contribution in [0.5, 0.6) is 0 Å². The second-order valence-electron chi connectivity index (χ2n) is 8.12. The monoisotopic (exact) mass is 398 g/mol. The number of rotatable bonds is 6. The molecule has 4 rings (SSSR count). The Morgan fingerprint density at radius 2 is 1.89 bits per heavy atom. The van der Waals surface area contributed by atoms with Crippen LogP contribution in [0, 0.1) is 5.92 Å². The number of amides is 1. The Labute approximate surface area is 171 Å². The topological polar surface area (TPSA) is 41.6 Å². The normalized spacial score (nSPS) is 20.7. The zero-order valence-corrected chi connectivity index (χ0v) is 17.3. The van der Waals surface area contributed by atoms with Gasteiger partial charge in [0.15, 0.2) is 0 Å². The van der Waals surface area contributed by atoms with E-state index in [-0.39, 0.29) is 5.91 Å². The zero-order valence-electron chi connectivity index (χ0n) is 16.4. The molecule has 1 N–H and O–H groups in total. The van der Waals surface area contributed by atoms with E-state index in [0.29, 0.717) is 19.1 Å². The van der Waals surface area contributed by atoms with Crippen molar-refractivity contribution in [3.05, 3.63) is 58.3 Å². The van der Waals surface area contributed by atoms with Crippen LogP contribution in [-0.2, 0) is 21.5 Å². The van der Waals surface area contributed by atoms with Crippen LogP contribution in [0.1, 0.15) is 36.8 Å². The van der Waals surface area contributed by atoms with Gasteiger partial charge in [-0.3, -0.25) is 9.69 Å². The summed E-state index contributed by atoms with van der Waals surface area (Å²) in [6.07, 6.45) is 3.85. The van der Waals surface area contributed by atoms with Gasteiger partial charge in [-0.2, -0.15) is 11.3 Å². The third-order valence-electron chi connectivity index (χ3n) is 6.35. The van der Waals surface area contributed by atoms with Gasteiger partial charge in [0, 0.05) is 26.3 Å². The number of carbonyl (C=O) groups excluding carboxylic acids is 1. The summed E-state index contributed by atoms with van der Waals surface area (Å²) in [7, 11) is 0. The average molecular weight is 399 g/mol. The Balaban J connectivity index is 1.31. The highest BCUT2D eigenvalue weighted by molar-refractivity contribution is 7.07. The second-order valence-corrected chi connectivity index (χ2v) is 8.90. The number of nitrogens with zero attached hydrogens (tertiary/aromatic N) is 1. The first-order valence-corrected chi connectivity index (χ1v) is 11.4. The minimum absolute atomic E-state index is 0.183. The summed E-state index contributed by atoms with van der Waals surface area (Å²) in [6.45, 7) is 5.40. The molecule has 1 aromatic heterocycles. The van der Waals surface area contributed by atoms with Gasteiger partial charge in [0.1, 0.15) is 0 Å². The van der Waals surface area contributed by atoms with Gasteiger partial charge in [-0.15, -0.1) is 0 Å². The molecule has 2 aromatic rings. The van der Waals surface area contributed by atoms with Crippen LogP contribution in [0.4, 0.5) is 0 Å². The van der Waals surface area contributed by atoms with Gasteiger partial charge in [-0.1, -0.05) is 30.3 Å². The fourth-order valence-corrected chi connectivity index (χ4v) is 5.18. The Kier molecular flexibility index (Phi) is 6.45. The lowest BCUT2D eigenvalue weighted by Crippen LogP contribution is -2.49. The van der Waals surface area contributed by atoms with Gasteiger partial charge < -0.3 is 10.1 Å². The molecule has 2 aliphatic rings. The molecule has 4 nitrogen and oxygen atoms in total. The summed E-state index contributed by atoms with van der Waals surface area (Å²) in [6, 6.07) is 12.5. The molecule has 0 radical (unpaired) electrons. The number of ether oxygens (including phenoxy) is 1. The summed E-state index contributed by atoms with van der Waals surface area (Å²) >= 11 is 1.77. The van der Waals surface area contributed by atoms with Crippen molar-refractivity contribution in [3.8, 4) is 0 Å². The third kappa shape index (κ3) is 4.48. The molecule has 0 bridgehead atoms. The first-order valence-electron chi connectivity index (χ1n) is 10.4. The van der Waals surface area contributed by atoms with Crippen LogP contribution in [0.15, 0.2) is 47.2 Å². The van der Waals surface area contributed by atoms with E-state index in [1.807, 2.05) is 18.2 Å². The molecule has 1 aromatic carbocycles. The van der Waals surface area contributed by atoms with Crippen molar-refractivity contribution in [3.63, 3.8) is 0 Å². The summed E-state index contributed by atoms with van der Waals surface area (Å²) < 4.78 is 5.56. The maximum atomic E-state index is 13.3. The predicted octanol–water partition coefficient (Wildman–Crippen LogP) is 3.82. The van der Waals surface area contributed by atoms with Crippen LogP contribution in [-0.4, -0.2) is 43.7 Å². The first kappa shape index (κ1) is 19.6. The van der Waals surface area contributed by atoms with Gasteiger partial charge in [-0.05, 0) is 72.6 Å². The van der Waals surface area contributed by atoms with E-state index in [1.165, 1.54) is 5.56 Å². The lowest BCUT2D eigenvalue weighted by Gasteiger charge is -2.37. The summed E-state index contributed by atoms with van der Waals surface area (Å²) in [5, 5.41) is 7.70. The van der Waals surface area contributed by atoms with E-state index in [9.17, 15) is 4.79 Å². The Morgan fingerprint density at radius 1 is 1.14 bits per heavy atom. The smallest absolute Gasteiger partial charge is 0.230 e. The average Bonchev–Trinajstić information content (AvgIpc) is 3.27. The quantitative estimate of drug-likeness (QED) is 0.804. The van der Waals surface area contributed by atoms with Gasteiger partial charge in [0.25, 0.3) is 0 Å². The molecule has 150 valence electrons. The van der Waals surface area contributed by atoms with Gasteiger partial charge in [0.2, 0.25) is 5.91 Å². The molecular weight excluding hydrogens is 368 g/mol. The molecule has 0 unspecified atom stereocenters. The molecule has 2 fully saturated rings. The maximum absolute atomic E-state index is 13.3. The fourth-order valence-electron chi connectivity index (χ4n) is 4.52. The van der Waals surface area contributed by atoms with Crippen LogP contribution in [0.25, 0.3) is 0 Å². The van der Waals surface area contributed by atoms with E-state index >= 15 is 0 Å². The fraction of sp³-hybridized carbons (Fsp3) is 0.522.